The molecular weight excluding hydrogens is 338 g/mol. The predicted octanol–water partition coefficient (Wildman–Crippen LogP) is 1.52. The summed E-state index contributed by atoms with van der Waals surface area (Å²) in [6.07, 6.45) is 5.38. The van der Waals surface area contributed by atoms with E-state index in [1.54, 1.807) is 4.68 Å². The summed E-state index contributed by atoms with van der Waals surface area (Å²) < 4.78 is 1.76. The molecule has 1 aromatic heterocycles. The molecule has 2 aromatic rings. The Labute approximate surface area is 160 Å². The van der Waals surface area contributed by atoms with Gasteiger partial charge < -0.3 is 10.6 Å². The van der Waals surface area contributed by atoms with Crippen molar-refractivity contribution in [2.24, 2.45) is 0 Å². The smallest absolute Gasteiger partial charge is 0.241 e. The zero-order valence-corrected chi connectivity index (χ0v) is 15.9. The van der Waals surface area contributed by atoms with Crippen LogP contribution in [0.1, 0.15) is 35.6 Å². The van der Waals surface area contributed by atoms with E-state index in [4.69, 9.17) is 0 Å². The predicted molar refractivity (Wildman–Crippen MR) is 106 cm³/mol. The van der Waals surface area contributed by atoms with Crippen LogP contribution >= 0.6 is 0 Å². The molecule has 0 aliphatic carbocycles. The van der Waals surface area contributed by atoms with Crippen molar-refractivity contribution in [1.82, 2.24) is 25.3 Å². The highest BCUT2D eigenvalue weighted by Crippen LogP contribution is 2.21. The van der Waals surface area contributed by atoms with E-state index in [1.807, 2.05) is 6.20 Å². The van der Waals surface area contributed by atoms with Gasteiger partial charge in [0.2, 0.25) is 5.91 Å². The standard InChI is InChI=1S/C21H29N5O/c27-21(16-26-12-8-20(24-26)18-6-3-9-22-14-18)23-10-13-25-11-7-17-4-1-2-5-19(17)15-25/h1-2,4-5,8,12,18,22H,3,6-7,9-11,13-16H2,(H,23,27)/t18-/m0/s1. The normalized spacial score (nSPS) is 20.2. The van der Waals surface area contributed by atoms with Crippen molar-refractivity contribution in [3.05, 3.63) is 53.3 Å². The van der Waals surface area contributed by atoms with Crippen molar-refractivity contribution in [2.45, 2.75) is 38.3 Å². The van der Waals surface area contributed by atoms with Crippen LogP contribution in [0, 0.1) is 0 Å². The molecule has 2 aliphatic rings. The van der Waals surface area contributed by atoms with Crippen LogP contribution in [0.5, 0.6) is 0 Å². The molecular formula is C21H29N5O. The van der Waals surface area contributed by atoms with E-state index in [0.29, 0.717) is 19.0 Å². The van der Waals surface area contributed by atoms with Gasteiger partial charge in [-0.3, -0.25) is 14.4 Å². The van der Waals surface area contributed by atoms with Gasteiger partial charge >= 0.3 is 0 Å². The maximum atomic E-state index is 12.2. The molecule has 6 heteroatoms. The molecule has 0 radical (unpaired) electrons. The Morgan fingerprint density at radius 3 is 3.00 bits per heavy atom. The van der Waals surface area contributed by atoms with E-state index in [9.17, 15) is 4.79 Å². The minimum Gasteiger partial charge on any atom is -0.353 e. The van der Waals surface area contributed by atoms with Crippen LogP contribution in [0.2, 0.25) is 0 Å². The zero-order chi connectivity index (χ0) is 18.5. The fraction of sp³-hybridized carbons (Fsp3) is 0.524. The molecule has 0 saturated carbocycles. The van der Waals surface area contributed by atoms with E-state index < -0.39 is 0 Å². The first-order valence-corrected chi connectivity index (χ1v) is 10.1. The van der Waals surface area contributed by atoms with Gasteiger partial charge in [-0.25, -0.2) is 0 Å². The van der Waals surface area contributed by atoms with Gasteiger partial charge in [0.1, 0.15) is 6.54 Å². The van der Waals surface area contributed by atoms with Gasteiger partial charge in [-0.2, -0.15) is 5.10 Å². The summed E-state index contributed by atoms with van der Waals surface area (Å²) in [5.41, 5.74) is 3.97. The van der Waals surface area contributed by atoms with Crippen molar-refractivity contribution in [2.75, 3.05) is 32.7 Å². The van der Waals surface area contributed by atoms with Crippen LogP contribution in [-0.4, -0.2) is 53.3 Å². The van der Waals surface area contributed by atoms with E-state index >= 15 is 0 Å². The van der Waals surface area contributed by atoms with Crippen molar-refractivity contribution in [3.63, 3.8) is 0 Å². The highest BCUT2D eigenvalue weighted by molar-refractivity contribution is 5.75. The lowest BCUT2D eigenvalue weighted by molar-refractivity contribution is -0.121. The number of nitrogens with zero attached hydrogens (tertiary/aromatic N) is 3. The number of nitrogens with one attached hydrogen (secondary N) is 2. The van der Waals surface area contributed by atoms with E-state index in [1.165, 1.54) is 24.0 Å². The van der Waals surface area contributed by atoms with Gasteiger partial charge in [-0.15, -0.1) is 0 Å². The van der Waals surface area contributed by atoms with Gasteiger partial charge in [-0.05, 0) is 43.0 Å². The first kappa shape index (κ1) is 18.2. The average molecular weight is 367 g/mol. The fourth-order valence-corrected chi connectivity index (χ4v) is 4.09. The van der Waals surface area contributed by atoms with Gasteiger partial charge in [0.05, 0.1) is 5.69 Å². The number of aromatic nitrogens is 2. The molecule has 1 atom stereocenters. The molecule has 1 saturated heterocycles. The molecule has 1 fully saturated rings. The molecule has 0 bridgehead atoms. The summed E-state index contributed by atoms with van der Waals surface area (Å²) in [6, 6.07) is 10.7. The topological polar surface area (TPSA) is 62.2 Å². The monoisotopic (exact) mass is 367 g/mol. The number of rotatable bonds is 6. The third kappa shape index (κ3) is 4.76. The summed E-state index contributed by atoms with van der Waals surface area (Å²) >= 11 is 0. The third-order valence-corrected chi connectivity index (χ3v) is 5.64. The summed E-state index contributed by atoms with van der Waals surface area (Å²) in [4.78, 5) is 14.6. The number of piperidine rings is 1. The number of benzene rings is 1. The Balaban J connectivity index is 1.20. The van der Waals surface area contributed by atoms with Crippen LogP contribution in [-0.2, 0) is 24.3 Å². The Bertz CT molecular complexity index is 765. The summed E-state index contributed by atoms with van der Waals surface area (Å²) in [5.74, 6) is 0.508. The van der Waals surface area contributed by atoms with Gasteiger partial charge in [0.15, 0.2) is 0 Å². The minimum absolute atomic E-state index is 0.0313. The quantitative estimate of drug-likeness (QED) is 0.813. The molecule has 1 aromatic carbocycles. The number of fused-ring (bicyclic) bond motifs is 1. The number of carbonyl (C=O) groups is 1. The lowest BCUT2D eigenvalue weighted by Gasteiger charge is -2.28. The molecule has 4 rings (SSSR count). The van der Waals surface area contributed by atoms with Crippen LogP contribution in [0.25, 0.3) is 0 Å². The lowest BCUT2D eigenvalue weighted by Crippen LogP contribution is -2.38. The maximum absolute atomic E-state index is 12.2. The number of carbonyl (C=O) groups excluding carboxylic acids is 1. The largest absolute Gasteiger partial charge is 0.353 e. The fourth-order valence-electron chi connectivity index (χ4n) is 4.09. The van der Waals surface area contributed by atoms with Crippen molar-refractivity contribution in [3.8, 4) is 0 Å². The van der Waals surface area contributed by atoms with Gasteiger partial charge in [0.25, 0.3) is 0 Å². The zero-order valence-electron chi connectivity index (χ0n) is 15.9. The van der Waals surface area contributed by atoms with Gasteiger partial charge in [0, 0.05) is 44.8 Å². The molecule has 27 heavy (non-hydrogen) atoms. The van der Waals surface area contributed by atoms with Crippen molar-refractivity contribution in [1.29, 1.82) is 0 Å². The van der Waals surface area contributed by atoms with Crippen LogP contribution in [0.3, 0.4) is 0 Å². The van der Waals surface area contributed by atoms with E-state index in [-0.39, 0.29) is 5.91 Å². The number of hydrogen-bond donors (Lipinski definition) is 2. The number of hydrogen-bond acceptors (Lipinski definition) is 4. The molecule has 3 heterocycles. The van der Waals surface area contributed by atoms with Crippen LogP contribution < -0.4 is 10.6 Å². The molecule has 0 spiro atoms. The Morgan fingerprint density at radius 1 is 1.26 bits per heavy atom. The molecule has 0 unspecified atom stereocenters. The summed E-state index contributed by atoms with van der Waals surface area (Å²) in [5, 5.41) is 11.1. The second kappa shape index (κ2) is 8.67. The molecule has 6 nitrogen and oxygen atoms in total. The highest BCUT2D eigenvalue weighted by atomic mass is 16.2. The minimum atomic E-state index is 0.0313. The lowest BCUT2D eigenvalue weighted by atomic mass is 9.97. The first-order valence-electron chi connectivity index (χ1n) is 10.1. The maximum Gasteiger partial charge on any atom is 0.241 e. The Kier molecular flexibility index (Phi) is 5.84. The highest BCUT2D eigenvalue weighted by Gasteiger charge is 2.18. The Hall–Kier alpha value is -2.18. The third-order valence-electron chi connectivity index (χ3n) is 5.64. The Morgan fingerprint density at radius 2 is 2.15 bits per heavy atom. The second-order valence-electron chi connectivity index (χ2n) is 7.63. The molecule has 1 amide bonds. The van der Waals surface area contributed by atoms with E-state index in [0.717, 1.165) is 44.8 Å². The van der Waals surface area contributed by atoms with Crippen LogP contribution in [0.4, 0.5) is 0 Å². The number of amides is 1. The van der Waals surface area contributed by atoms with Crippen molar-refractivity contribution >= 4 is 5.91 Å². The van der Waals surface area contributed by atoms with Crippen LogP contribution in [0.15, 0.2) is 36.5 Å². The van der Waals surface area contributed by atoms with E-state index in [2.05, 4.69) is 51.0 Å². The molecule has 144 valence electrons. The first-order chi connectivity index (χ1) is 13.3. The summed E-state index contributed by atoms with van der Waals surface area (Å²) in [7, 11) is 0. The van der Waals surface area contributed by atoms with Gasteiger partial charge in [-0.1, -0.05) is 24.3 Å². The second-order valence-corrected chi connectivity index (χ2v) is 7.63. The average Bonchev–Trinajstić information content (AvgIpc) is 3.17. The molecule has 2 aliphatic heterocycles. The van der Waals surface area contributed by atoms with Crippen molar-refractivity contribution < 1.29 is 4.79 Å². The molecule has 2 N–H and O–H groups in total. The SMILES string of the molecule is O=C(Cn1ccc([C@H]2CCCNC2)n1)NCCN1CCc2ccccc2C1. The summed E-state index contributed by atoms with van der Waals surface area (Å²) in [6.45, 7) is 5.99.